The maximum Gasteiger partial charge on any atom is 0.119 e. The van der Waals surface area contributed by atoms with Crippen LogP contribution in [-0.2, 0) is 6.42 Å². The molecule has 2 nitrogen and oxygen atoms in total. The summed E-state index contributed by atoms with van der Waals surface area (Å²) in [6.07, 6.45) is 3.23. The number of nitrogens with one attached hydrogen (secondary N) is 1. The first-order chi connectivity index (χ1) is 10.3. The van der Waals surface area contributed by atoms with Crippen molar-refractivity contribution in [2.45, 2.75) is 39.2 Å². The van der Waals surface area contributed by atoms with Crippen LogP contribution in [-0.4, -0.2) is 13.2 Å². The summed E-state index contributed by atoms with van der Waals surface area (Å²) in [7, 11) is 0. The Hall–Kier alpha value is -1.32. The van der Waals surface area contributed by atoms with Crippen molar-refractivity contribution in [1.82, 2.24) is 5.32 Å². The largest absolute Gasteiger partial charge is 0.494 e. The minimum absolute atomic E-state index is 0.375. The fourth-order valence-electron chi connectivity index (χ4n) is 2.29. The van der Waals surface area contributed by atoms with E-state index in [0.717, 1.165) is 38.2 Å². The van der Waals surface area contributed by atoms with Gasteiger partial charge in [0, 0.05) is 6.04 Å². The highest BCUT2D eigenvalue weighted by molar-refractivity contribution is 7.07. The first-order valence-corrected chi connectivity index (χ1v) is 8.75. The van der Waals surface area contributed by atoms with Crippen molar-refractivity contribution in [1.29, 1.82) is 0 Å². The Balaban J connectivity index is 2.04. The van der Waals surface area contributed by atoms with Gasteiger partial charge in [0.2, 0.25) is 0 Å². The molecule has 0 fully saturated rings. The molecule has 2 aromatic rings. The zero-order chi connectivity index (χ0) is 14.9. The van der Waals surface area contributed by atoms with E-state index in [4.69, 9.17) is 4.74 Å². The summed E-state index contributed by atoms with van der Waals surface area (Å²) in [5, 5.41) is 8.03. The summed E-state index contributed by atoms with van der Waals surface area (Å²) < 4.78 is 5.66. The highest BCUT2D eigenvalue weighted by Crippen LogP contribution is 2.22. The SMILES string of the molecule is CCCNC(Cc1ccsc1)c1ccc(OCCC)cc1. The number of rotatable bonds is 9. The maximum atomic E-state index is 5.66. The fourth-order valence-corrected chi connectivity index (χ4v) is 2.97. The van der Waals surface area contributed by atoms with Gasteiger partial charge in [-0.15, -0.1) is 0 Å². The molecule has 1 heterocycles. The molecule has 1 aromatic heterocycles. The van der Waals surface area contributed by atoms with Gasteiger partial charge in [0.15, 0.2) is 0 Å². The number of thiophene rings is 1. The summed E-state index contributed by atoms with van der Waals surface area (Å²) >= 11 is 1.76. The third-order valence-electron chi connectivity index (χ3n) is 3.42. The second-order valence-corrected chi connectivity index (χ2v) is 6.04. The van der Waals surface area contributed by atoms with Crippen LogP contribution in [0.5, 0.6) is 5.75 Å². The molecular formula is C18H25NOS. The molecule has 0 aliphatic heterocycles. The van der Waals surface area contributed by atoms with E-state index in [0.29, 0.717) is 6.04 Å². The van der Waals surface area contributed by atoms with Gasteiger partial charge in [-0.2, -0.15) is 11.3 Å². The second-order valence-electron chi connectivity index (χ2n) is 5.26. The minimum atomic E-state index is 0.375. The van der Waals surface area contributed by atoms with Crippen LogP contribution in [0.1, 0.15) is 43.9 Å². The van der Waals surface area contributed by atoms with Crippen LogP contribution >= 0.6 is 11.3 Å². The van der Waals surface area contributed by atoms with E-state index in [1.54, 1.807) is 11.3 Å². The van der Waals surface area contributed by atoms with E-state index in [2.05, 4.69) is 60.3 Å². The molecule has 0 saturated carbocycles. The molecule has 0 radical (unpaired) electrons. The number of hydrogen-bond acceptors (Lipinski definition) is 3. The lowest BCUT2D eigenvalue weighted by Crippen LogP contribution is -2.23. The summed E-state index contributed by atoms with van der Waals surface area (Å²) in [4.78, 5) is 0. The molecule has 1 unspecified atom stereocenters. The predicted molar refractivity (Wildman–Crippen MR) is 91.3 cm³/mol. The molecule has 0 spiro atoms. The quantitative estimate of drug-likeness (QED) is 0.717. The van der Waals surface area contributed by atoms with Crippen molar-refractivity contribution in [3.05, 3.63) is 52.2 Å². The molecule has 0 aliphatic carbocycles. The fraction of sp³-hybridized carbons (Fsp3) is 0.444. The van der Waals surface area contributed by atoms with E-state index in [1.165, 1.54) is 11.1 Å². The second kappa shape index (κ2) is 8.85. The Morgan fingerprint density at radius 3 is 2.52 bits per heavy atom. The molecule has 0 saturated heterocycles. The molecule has 0 amide bonds. The number of ether oxygens (including phenoxy) is 1. The summed E-state index contributed by atoms with van der Waals surface area (Å²) in [6, 6.07) is 11.1. The molecule has 114 valence electrons. The van der Waals surface area contributed by atoms with Crippen LogP contribution < -0.4 is 10.1 Å². The zero-order valence-corrected chi connectivity index (χ0v) is 13.8. The van der Waals surface area contributed by atoms with Gasteiger partial charge in [0.1, 0.15) is 5.75 Å². The van der Waals surface area contributed by atoms with Gasteiger partial charge in [-0.3, -0.25) is 0 Å². The lowest BCUT2D eigenvalue weighted by atomic mass is 10.0. The van der Waals surface area contributed by atoms with Gasteiger partial charge < -0.3 is 10.1 Å². The molecule has 0 bridgehead atoms. The van der Waals surface area contributed by atoms with Crippen molar-refractivity contribution in [2.24, 2.45) is 0 Å². The molecule has 1 atom stereocenters. The van der Waals surface area contributed by atoms with Crippen LogP contribution in [0.4, 0.5) is 0 Å². The Bertz CT molecular complexity index is 492. The van der Waals surface area contributed by atoms with Gasteiger partial charge in [-0.05, 0) is 65.9 Å². The van der Waals surface area contributed by atoms with Crippen molar-refractivity contribution in [3.63, 3.8) is 0 Å². The molecule has 0 aliphatic rings. The zero-order valence-electron chi connectivity index (χ0n) is 13.0. The maximum absolute atomic E-state index is 5.66. The molecule has 1 N–H and O–H groups in total. The van der Waals surface area contributed by atoms with Gasteiger partial charge in [-0.25, -0.2) is 0 Å². The van der Waals surface area contributed by atoms with Crippen molar-refractivity contribution < 1.29 is 4.74 Å². The molecule has 3 heteroatoms. The first kappa shape index (κ1) is 16.1. The Morgan fingerprint density at radius 2 is 1.90 bits per heavy atom. The van der Waals surface area contributed by atoms with Gasteiger partial charge in [-0.1, -0.05) is 26.0 Å². The summed E-state index contributed by atoms with van der Waals surface area (Å²) in [5.41, 5.74) is 2.73. The molecule has 1 aromatic carbocycles. The third-order valence-corrected chi connectivity index (χ3v) is 4.15. The van der Waals surface area contributed by atoms with Gasteiger partial charge in [0.05, 0.1) is 6.61 Å². The Labute approximate surface area is 132 Å². The van der Waals surface area contributed by atoms with Crippen molar-refractivity contribution in [2.75, 3.05) is 13.2 Å². The number of benzene rings is 1. The lowest BCUT2D eigenvalue weighted by Gasteiger charge is -2.19. The third kappa shape index (κ3) is 5.18. The molecule has 21 heavy (non-hydrogen) atoms. The van der Waals surface area contributed by atoms with E-state index < -0.39 is 0 Å². The predicted octanol–water partition coefficient (Wildman–Crippen LogP) is 4.82. The Morgan fingerprint density at radius 1 is 1.10 bits per heavy atom. The van der Waals surface area contributed by atoms with Crippen LogP contribution in [0.3, 0.4) is 0 Å². The van der Waals surface area contributed by atoms with Gasteiger partial charge in [0.25, 0.3) is 0 Å². The van der Waals surface area contributed by atoms with Crippen LogP contribution in [0.25, 0.3) is 0 Å². The van der Waals surface area contributed by atoms with Crippen LogP contribution in [0, 0.1) is 0 Å². The Kier molecular flexibility index (Phi) is 6.77. The van der Waals surface area contributed by atoms with Crippen molar-refractivity contribution in [3.8, 4) is 5.75 Å². The topological polar surface area (TPSA) is 21.3 Å². The monoisotopic (exact) mass is 303 g/mol. The highest BCUT2D eigenvalue weighted by Gasteiger charge is 2.12. The molecular weight excluding hydrogens is 278 g/mol. The van der Waals surface area contributed by atoms with Gasteiger partial charge >= 0.3 is 0 Å². The summed E-state index contributed by atoms with van der Waals surface area (Å²) in [5.74, 6) is 0.963. The highest BCUT2D eigenvalue weighted by atomic mass is 32.1. The average Bonchev–Trinajstić information content (AvgIpc) is 3.03. The summed E-state index contributed by atoms with van der Waals surface area (Å²) in [6.45, 7) is 6.16. The van der Waals surface area contributed by atoms with E-state index in [-0.39, 0.29) is 0 Å². The smallest absolute Gasteiger partial charge is 0.119 e. The van der Waals surface area contributed by atoms with Crippen molar-refractivity contribution >= 4 is 11.3 Å². The lowest BCUT2D eigenvalue weighted by molar-refractivity contribution is 0.317. The van der Waals surface area contributed by atoms with E-state index in [9.17, 15) is 0 Å². The molecule has 2 rings (SSSR count). The van der Waals surface area contributed by atoms with E-state index >= 15 is 0 Å². The average molecular weight is 303 g/mol. The van der Waals surface area contributed by atoms with Crippen LogP contribution in [0.15, 0.2) is 41.1 Å². The minimum Gasteiger partial charge on any atom is -0.494 e. The van der Waals surface area contributed by atoms with E-state index in [1.807, 2.05) is 0 Å². The van der Waals surface area contributed by atoms with Crippen LogP contribution in [0.2, 0.25) is 0 Å². The normalized spacial score (nSPS) is 12.3. The first-order valence-electron chi connectivity index (χ1n) is 7.80. The number of hydrogen-bond donors (Lipinski definition) is 1. The standard InChI is InChI=1S/C18H25NOS/c1-3-10-19-18(13-15-9-12-21-14-15)16-5-7-17(8-6-16)20-11-4-2/h5-9,12,14,18-19H,3-4,10-11,13H2,1-2H3.